The van der Waals surface area contributed by atoms with E-state index in [1.807, 2.05) is 0 Å². The van der Waals surface area contributed by atoms with Crippen LogP contribution in [0, 0.1) is 0 Å². The molecule has 2 N–H and O–H groups in total. The van der Waals surface area contributed by atoms with E-state index in [0.717, 1.165) is 0 Å². The Kier molecular flexibility index (Phi) is 5.61. The van der Waals surface area contributed by atoms with Gasteiger partial charge in [0.2, 0.25) is 0 Å². The molecule has 1 atom stereocenters. The van der Waals surface area contributed by atoms with Crippen molar-refractivity contribution in [1.82, 2.24) is 0 Å². The number of hydrogen-bond donors (Lipinski definition) is 2. The van der Waals surface area contributed by atoms with Gasteiger partial charge in [0.15, 0.2) is 6.16 Å². The van der Waals surface area contributed by atoms with E-state index in [4.69, 9.17) is 10.00 Å². The monoisotopic (exact) mass is 177 g/mol. The number of allylic oxidation sites excluding steroid dienone is 2. The summed E-state index contributed by atoms with van der Waals surface area (Å²) in [6, 6.07) is 0. The third kappa shape index (κ3) is 9.27. The topological polar surface area (TPSA) is 74.6 Å². The molecule has 0 aromatic carbocycles. The largest absolute Gasteiger partial charge is 0.509 e. The van der Waals surface area contributed by atoms with Crippen LogP contribution in [0.5, 0.6) is 0 Å². The van der Waals surface area contributed by atoms with Crippen LogP contribution < -0.4 is 0 Å². The lowest BCUT2D eigenvalue weighted by atomic mass is 10.3. The van der Waals surface area contributed by atoms with Gasteiger partial charge < -0.3 is 5.11 Å². The molecular weight excluding hydrogens is 167 g/mol. The molecule has 0 rings (SSSR count). The summed E-state index contributed by atoms with van der Waals surface area (Å²) in [6.45, 7) is 0. The molecule has 0 fully saturated rings. The molecule has 4 nitrogen and oxygen atoms in total. The third-order valence-electron chi connectivity index (χ3n) is 0.953. The Morgan fingerprint density at radius 3 is 2.55 bits per heavy atom. The van der Waals surface area contributed by atoms with Gasteiger partial charge in [0, 0.05) is 6.42 Å². The van der Waals surface area contributed by atoms with E-state index in [1.165, 1.54) is 6.08 Å². The Bertz CT molecular complexity index is 175. The van der Waals surface area contributed by atoms with E-state index in [-0.39, 0.29) is 12.6 Å². The Hall–Kier alpha value is -0.730. The first kappa shape index (κ1) is 10.3. The summed E-state index contributed by atoms with van der Waals surface area (Å²) in [5.74, 6) is -0.858. The maximum absolute atomic E-state index is 10.1. The van der Waals surface area contributed by atoms with Crippen LogP contribution >= 0.6 is 8.03 Å². The summed E-state index contributed by atoms with van der Waals surface area (Å²) in [6.07, 6.45) is 3.70. The zero-order valence-corrected chi connectivity index (χ0v) is 6.83. The summed E-state index contributed by atoms with van der Waals surface area (Å²) in [5.41, 5.74) is 0. The number of aliphatic carboxylic acids is 1. The van der Waals surface area contributed by atoms with E-state index < -0.39 is 14.0 Å². The maximum atomic E-state index is 10.1. The molecule has 0 aromatic heterocycles. The SMILES string of the molecule is O=C(O)CCC=CC[P+](=O)O. The Labute approximate surface area is 65.4 Å². The smallest absolute Gasteiger partial charge is 0.481 e. The predicted octanol–water partition coefficient (Wildman–Crippen LogP) is 1.14. The van der Waals surface area contributed by atoms with Crippen molar-refractivity contribution in [2.24, 2.45) is 0 Å². The Morgan fingerprint density at radius 2 is 2.09 bits per heavy atom. The molecule has 0 saturated heterocycles. The molecule has 0 aliphatic carbocycles. The number of rotatable bonds is 5. The van der Waals surface area contributed by atoms with Gasteiger partial charge >= 0.3 is 14.0 Å². The average molecular weight is 177 g/mol. The van der Waals surface area contributed by atoms with Crippen molar-refractivity contribution in [3.05, 3.63) is 12.2 Å². The molecule has 5 heteroatoms. The van der Waals surface area contributed by atoms with Crippen LogP contribution in [0.1, 0.15) is 12.8 Å². The minimum absolute atomic E-state index is 0.0682. The fraction of sp³-hybridized carbons (Fsp3) is 0.500. The molecule has 1 unspecified atom stereocenters. The quantitative estimate of drug-likeness (QED) is 0.487. The zero-order valence-electron chi connectivity index (χ0n) is 5.93. The standard InChI is InChI=1S/C6H9O4P/c7-6(8)4-2-1-3-5-11(9)10/h1,3H,2,4-5H2,(H-,7,8,9,10)/p+1. The van der Waals surface area contributed by atoms with Crippen molar-refractivity contribution in [3.63, 3.8) is 0 Å². The highest BCUT2D eigenvalue weighted by Gasteiger charge is 2.03. The average Bonchev–Trinajstić information content (AvgIpc) is 1.85. The Morgan fingerprint density at radius 1 is 1.45 bits per heavy atom. The molecule has 0 aromatic rings. The van der Waals surface area contributed by atoms with Gasteiger partial charge in [-0.3, -0.25) is 4.79 Å². The normalized spacial score (nSPS) is 11.9. The van der Waals surface area contributed by atoms with Gasteiger partial charge in [-0.15, -0.1) is 0 Å². The second-order valence-electron chi connectivity index (χ2n) is 1.94. The van der Waals surface area contributed by atoms with Crippen LogP contribution in [0.4, 0.5) is 0 Å². The fourth-order valence-corrected chi connectivity index (χ4v) is 0.819. The van der Waals surface area contributed by atoms with Crippen molar-refractivity contribution < 1.29 is 19.4 Å². The fourth-order valence-electron chi connectivity index (χ4n) is 0.489. The van der Waals surface area contributed by atoms with E-state index >= 15 is 0 Å². The number of hydrogen-bond acceptors (Lipinski definition) is 2. The molecule has 11 heavy (non-hydrogen) atoms. The third-order valence-corrected chi connectivity index (χ3v) is 1.48. The first-order chi connectivity index (χ1) is 5.13. The highest BCUT2D eigenvalue weighted by Crippen LogP contribution is 2.11. The molecule has 0 heterocycles. The lowest BCUT2D eigenvalue weighted by Gasteiger charge is -1.84. The molecular formula is C6H10O4P+. The zero-order chi connectivity index (χ0) is 8.69. The van der Waals surface area contributed by atoms with Crippen LogP contribution in [0.15, 0.2) is 12.2 Å². The summed E-state index contributed by atoms with van der Waals surface area (Å²) in [4.78, 5) is 18.3. The highest BCUT2D eigenvalue weighted by molar-refractivity contribution is 7.38. The number of carbonyl (C=O) groups is 1. The summed E-state index contributed by atoms with van der Waals surface area (Å²) >= 11 is 0. The lowest BCUT2D eigenvalue weighted by molar-refractivity contribution is -0.136. The second kappa shape index (κ2) is 6.01. The van der Waals surface area contributed by atoms with E-state index in [1.54, 1.807) is 6.08 Å². The van der Waals surface area contributed by atoms with Gasteiger partial charge in [-0.1, -0.05) is 6.08 Å². The first-order valence-corrected chi connectivity index (χ1v) is 4.53. The summed E-state index contributed by atoms with van der Waals surface area (Å²) in [5, 5.41) is 8.18. The minimum Gasteiger partial charge on any atom is -0.481 e. The lowest BCUT2D eigenvalue weighted by Crippen LogP contribution is -1.91. The molecule has 0 radical (unpaired) electrons. The van der Waals surface area contributed by atoms with Crippen molar-refractivity contribution in [2.45, 2.75) is 12.8 Å². The molecule has 0 bridgehead atoms. The van der Waals surface area contributed by atoms with Gasteiger partial charge in [-0.25, -0.2) is 0 Å². The molecule has 0 aliphatic rings. The van der Waals surface area contributed by atoms with Crippen LogP contribution in [0.25, 0.3) is 0 Å². The van der Waals surface area contributed by atoms with Gasteiger partial charge in [-0.05, 0) is 17.1 Å². The van der Waals surface area contributed by atoms with Crippen LogP contribution in [-0.4, -0.2) is 22.1 Å². The van der Waals surface area contributed by atoms with Crippen LogP contribution in [-0.2, 0) is 9.36 Å². The maximum Gasteiger partial charge on any atom is 0.509 e. The van der Waals surface area contributed by atoms with Crippen molar-refractivity contribution in [2.75, 3.05) is 6.16 Å². The minimum atomic E-state index is -2.12. The summed E-state index contributed by atoms with van der Waals surface area (Å²) < 4.78 is 10.1. The van der Waals surface area contributed by atoms with E-state index in [9.17, 15) is 9.36 Å². The van der Waals surface area contributed by atoms with Gasteiger partial charge in [0.05, 0.1) is 0 Å². The molecule has 0 aliphatic heterocycles. The highest BCUT2D eigenvalue weighted by atomic mass is 31.1. The second-order valence-corrected chi connectivity index (χ2v) is 3.01. The number of carboxylic acid groups (broad SMARTS) is 1. The molecule has 62 valence electrons. The van der Waals surface area contributed by atoms with Crippen molar-refractivity contribution in [3.8, 4) is 0 Å². The molecule has 0 amide bonds. The number of carboxylic acids is 1. The van der Waals surface area contributed by atoms with Crippen molar-refractivity contribution >= 4 is 14.0 Å². The Balaban J connectivity index is 3.30. The van der Waals surface area contributed by atoms with Crippen LogP contribution in [0.2, 0.25) is 0 Å². The summed E-state index contributed by atoms with van der Waals surface area (Å²) in [7, 11) is -2.12. The first-order valence-electron chi connectivity index (χ1n) is 3.13. The predicted molar refractivity (Wildman–Crippen MR) is 40.7 cm³/mol. The van der Waals surface area contributed by atoms with Gasteiger partial charge in [0.1, 0.15) is 0 Å². The van der Waals surface area contributed by atoms with E-state index in [0.29, 0.717) is 6.42 Å². The van der Waals surface area contributed by atoms with E-state index in [2.05, 4.69) is 0 Å². The van der Waals surface area contributed by atoms with Crippen LogP contribution in [0.3, 0.4) is 0 Å². The van der Waals surface area contributed by atoms with Crippen molar-refractivity contribution in [1.29, 1.82) is 0 Å². The van der Waals surface area contributed by atoms with Gasteiger partial charge in [-0.2, -0.15) is 4.89 Å². The van der Waals surface area contributed by atoms with Gasteiger partial charge in [0.25, 0.3) is 0 Å². The molecule has 0 spiro atoms. The molecule has 0 saturated carbocycles.